The SMILES string of the molecule is CCc1cc2oc(=O)cc(CN3CCC(C(=O)OC)CC3)c2cc1Cl. The molecule has 0 N–H and O–H groups in total. The van der Waals surface area contributed by atoms with Gasteiger partial charge in [-0.2, -0.15) is 0 Å². The van der Waals surface area contributed by atoms with Gasteiger partial charge in [0.1, 0.15) is 5.58 Å². The summed E-state index contributed by atoms with van der Waals surface area (Å²) in [7, 11) is 1.43. The zero-order valence-corrected chi connectivity index (χ0v) is 15.3. The predicted molar refractivity (Wildman–Crippen MR) is 96.9 cm³/mol. The molecule has 0 bridgehead atoms. The van der Waals surface area contributed by atoms with E-state index >= 15 is 0 Å². The fourth-order valence-electron chi connectivity index (χ4n) is 3.42. The molecule has 1 aromatic carbocycles. The van der Waals surface area contributed by atoms with Crippen LogP contribution >= 0.6 is 11.6 Å². The molecule has 1 aliphatic rings. The Kier molecular flexibility index (Phi) is 5.45. The van der Waals surface area contributed by atoms with Gasteiger partial charge in [-0.1, -0.05) is 18.5 Å². The van der Waals surface area contributed by atoms with Crippen molar-refractivity contribution in [1.82, 2.24) is 4.90 Å². The highest BCUT2D eigenvalue weighted by Gasteiger charge is 2.26. The molecule has 0 unspecified atom stereocenters. The van der Waals surface area contributed by atoms with Gasteiger partial charge in [0.2, 0.25) is 0 Å². The number of hydrogen-bond donors (Lipinski definition) is 0. The van der Waals surface area contributed by atoms with Crippen LogP contribution in [0.15, 0.2) is 27.4 Å². The van der Waals surface area contributed by atoms with E-state index in [1.54, 1.807) is 0 Å². The quantitative estimate of drug-likeness (QED) is 0.615. The summed E-state index contributed by atoms with van der Waals surface area (Å²) in [6.07, 6.45) is 2.32. The molecule has 5 nitrogen and oxygen atoms in total. The number of carbonyl (C=O) groups excluding carboxylic acids is 1. The monoisotopic (exact) mass is 363 g/mol. The number of hydrogen-bond acceptors (Lipinski definition) is 5. The molecule has 0 atom stereocenters. The molecule has 25 heavy (non-hydrogen) atoms. The van der Waals surface area contributed by atoms with E-state index in [1.165, 1.54) is 13.2 Å². The van der Waals surface area contributed by atoms with Crippen molar-refractivity contribution < 1.29 is 13.9 Å². The molecule has 2 aromatic rings. The van der Waals surface area contributed by atoms with Gasteiger partial charge in [-0.15, -0.1) is 0 Å². The van der Waals surface area contributed by atoms with Gasteiger partial charge < -0.3 is 9.15 Å². The average molecular weight is 364 g/mol. The van der Waals surface area contributed by atoms with Crippen LogP contribution in [-0.2, 0) is 22.5 Å². The van der Waals surface area contributed by atoms with E-state index in [0.717, 1.165) is 48.9 Å². The van der Waals surface area contributed by atoms with Crippen LogP contribution in [0.4, 0.5) is 0 Å². The van der Waals surface area contributed by atoms with Crippen molar-refractivity contribution >= 4 is 28.5 Å². The Morgan fingerprint density at radius 2 is 2.00 bits per heavy atom. The molecule has 3 rings (SSSR count). The largest absolute Gasteiger partial charge is 0.469 e. The third kappa shape index (κ3) is 3.88. The molecular formula is C19H22ClNO4. The molecule has 134 valence electrons. The van der Waals surface area contributed by atoms with Crippen molar-refractivity contribution in [3.8, 4) is 0 Å². The van der Waals surface area contributed by atoms with Gasteiger partial charge in [0.25, 0.3) is 0 Å². The molecule has 1 saturated heterocycles. The molecule has 0 aliphatic carbocycles. The van der Waals surface area contributed by atoms with Crippen LogP contribution < -0.4 is 5.63 Å². The maximum Gasteiger partial charge on any atom is 0.336 e. The van der Waals surface area contributed by atoms with Crippen LogP contribution in [0.1, 0.15) is 30.9 Å². The minimum Gasteiger partial charge on any atom is -0.469 e. The number of ether oxygens (including phenoxy) is 1. The number of likely N-dealkylation sites (tertiary alicyclic amines) is 1. The Bertz CT molecular complexity index is 837. The summed E-state index contributed by atoms with van der Waals surface area (Å²) in [6, 6.07) is 5.28. The van der Waals surface area contributed by atoms with Crippen LogP contribution in [0.2, 0.25) is 5.02 Å². The highest BCUT2D eigenvalue weighted by molar-refractivity contribution is 6.32. The van der Waals surface area contributed by atoms with Gasteiger partial charge in [-0.05, 0) is 55.6 Å². The van der Waals surface area contributed by atoms with Crippen molar-refractivity contribution in [2.75, 3.05) is 20.2 Å². The maximum absolute atomic E-state index is 11.9. The lowest BCUT2D eigenvalue weighted by atomic mass is 9.96. The highest BCUT2D eigenvalue weighted by atomic mass is 35.5. The molecule has 0 amide bonds. The normalized spacial score (nSPS) is 16.3. The highest BCUT2D eigenvalue weighted by Crippen LogP contribution is 2.28. The number of piperidine rings is 1. The second-order valence-corrected chi connectivity index (χ2v) is 6.86. The van der Waals surface area contributed by atoms with E-state index < -0.39 is 0 Å². The summed E-state index contributed by atoms with van der Waals surface area (Å²) in [5.74, 6) is -0.162. The van der Waals surface area contributed by atoms with Gasteiger partial charge in [0.05, 0.1) is 13.0 Å². The summed E-state index contributed by atoms with van der Waals surface area (Å²) >= 11 is 6.34. The fraction of sp³-hybridized carbons (Fsp3) is 0.474. The Morgan fingerprint density at radius 3 is 2.64 bits per heavy atom. The lowest BCUT2D eigenvalue weighted by Gasteiger charge is -2.30. The first kappa shape index (κ1) is 18.0. The van der Waals surface area contributed by atoms with Crippen molar-refractivity contribution in [1.29, 1.82) is 0 Å². The minimum absolute atomic E-state index is 0.0274. The Morgan fingerprint density at radius 1 is 1.28 bits per heavy atom. The Hall–Kier alpha value is -1.85. The number of esters is 1. The number of nitrogens with zero attached hydrogens (tertiary/aromatic N) is 1. The van der Waals surface area contributed by atoms with E-state index in [0.29, 0.717) is 17.2 Å². The summed E-state index contributed by atoms with van der Waals surface area (Å²) in [6.45, 7) is 4.24. The zero-order chi connectivity index (χ0) is 18.0. The fourth-order valence-corrected chi connectivity index (χ4v) is 3.72. The van der Waals surface area contributed by atoms with Crippen LogP contribution in [0, 0.1) is 5.92 Å². The second-order valence-electron chi connectivity index (χ2n) is 6.46. The number of rotatable bonds is 4. The third-order valence-electron chi connectivity index (χ3n) is 4.89. The van der Waals surface area contributed by atoms with Gasteiger partial charge in [0, 0.05) is 23.0 Å². The van der Waals surface area contributed by atoms with E-state index in [-0.39, 0.29) is 17.5 Å². The first-order valence-electron chi connectivity index (χ1n) is 8.57. The number of halogens is 1. The smallest absolute Gasteiger partial charge is 0.336 e. The van der Waals surface area contributed by atoms with E-state index in [2.05, 4.69) is 4.90 Å². The molecule has 2 heterocycles. The van der Waals surface area contributed by atoms with Crippen LogP contribution in [0.25, 0.3) is 11.0 Å². The minimum atomic E-state index is -0.351. The number of benzene rings is 1. The Balaban J connectivity index is 1.83. The first-order chi connectivity index (χ1) is 12.0. The van der Waals surface area contributed by atoms with Crippen LogP contribution in [0.5, 0.6) is 0 Å². The molecule has 1 aromatic heterocycles. The summed E-state index contributed by atoms with van der Waals surface area (Å²) < 4.78 is 10.2. The second kappa shape index (κ2) is 7.58. The van der Waals surface area contributed by atoms with Gasteiger partial charge in [0.15, 0.2) is 0 Å². The topological polar surface area (TPSA) is 59.8 Å². The van der Waals surface area contributed by atoms with Crippen molar-refractivity contribution in [2.45, 2.75) is 32.7 Å². The van der Waals surface area contributed by atoms with Gasteiger partial charge in [-0.25, -0.2) is 4.79 Å². The molecule has 1 fully saturated rings. The van der Waals surface area contributed by atoms with Crippen molar-refractivity contribution in [3.63, 3.8) is 0 Å². The summed E-state index contributed by atoms with van der Waals surface area (Å²) in [5.41, 5.74) is 2.10. The predicted octanol–water partition coefficient (Wildman–Crippen LogP) is 3.39. The van der Waals surface area contributed by atoms with Gasteiger partial charge >= 0.3 is 11.6 Å². The van der Waals surface area contributed by atoms with Crippen LogP contribution in [0.3, 0.4) is 0 Å². The average Bonchev–Trinajstić information content (AvgIpc) is 2.61. The molecule has 1 aliphatic heterocycles. The molecule has 0 saturated carbocycles. The van der Waals surface area contributed by atoms with Crippen molar-refractivity contribution in [3.05, 3.63) is 44.8 Å². The van der Waals surface area contributed by atoms with Crippen molar-refractivity contribution in [2.24, 2.45) is 5.92 Å². The third-order valence-corrected chi connectivity index (χ3v) is 5.25. The number of methoxy groups -OCH3 is 1. The standard InChI is InChI=1S/C19H22ClNO4/c1-3-12-8-17-15(10-16(12)20)14(9-18(22)25-17)11-21-6-4-13(5-7-21)19(23)24-2/h8-10,13H,3-7,11H2,1-2H3. The molecule has 0 radical (unpaired) electrons. The van der Waals surface area contributed by atoms with Gasteiger partial charge in [-0.3, -0.25) is 9.69 Å². The lowest BCUT2D eigenvalue weighted by Crippen LogP contribution is -2.36. The Labute approximate surface area is 151 Å². The number of carbonyl (C=O) groups is 1. The maximum atomic E-state index is 11.9. The number of aryl methyl sites for hydroxylation is 1. The first-order valence-corrected chi connectivity index (χ1v) is 8.95. The molecule has 0 spiro atoms. The molecular weight excluding hydrogens is 342 g/mol. The molecule has 6 heteroatoms. The summed E-state index contributed by atoms with van der Waals surface area (Å²) in [4.78, 5) is 25.8. The zero-order valence-electron chi connectivity index (χ0n) is 14.5. The summed E-state index contributed by atoms with van der Waals surface area (Å²) in [5, 5.41) is 1.56. The van der Waals surface area contributed by atoms with Crippen LogP contribution in [-0.4, -0.2) is 31.1 Å². The van der Waals surface area contributed by atoms with E-state index in [9.17, 15) is 9.59 Å². The van der Waals surface area contributed by atoms with E-state index in [1.807, 2.05) is 19.1 Å². The lowest BCUT2D eigenvalue weighted by molar-refractivity contribution is -0.147. The van der Waals surface area contributed by atoms with E-state index in [4.69, 9.17) is 20.8 Å². The number of fused-ring (bicyclic) bond motifs is 1.